The van der Waals surface area contributed by atoms with Crippen molar-refractivity contribution in [3.05, 3.63) is 24.3 Å². The van der Waals surface area contributed by atoms with Gasteiger partial charge in [0.1, 0.15) is 0 Å². The van der Waals surface area contributed by atoms with Crippen molar-refractivity contribution in [3.63, 3.8) is 0 Å². The highest BCUT2D eigenvalue weighted by atomic mass is 32.2. The van der Waals surface area contributed by atoms with Crippen molar-refractivity contribution >= 4 is 17.4 Å². The number of nitrogens with zero attached hydrogens (tertiary/aromatic N) is 1. The molecule has 2 nitrogen and oxygen atoms in total. The molecule has 0 saturated carbocycles. The topological polar surface area (TPSA) is 12.5 Å². The van der Waals surface area contributed by atoms with E-state index in [0.717, 1.165) is 19.7 Å². The van der Waals surface area contributed by atoms with Crippen molar-refractivity contribution in [3.8, 4) is 0 Å². The number of rotatable bonds is 2. The van der Waals surface area contributed by atoms with Gasteiger partial charge in [-0.15, -0.1) is 11.8 Å². The maximum Gasteiger partial charge on any atom is 0.0722 e. The summed E-state index contributed by atoms with van der Waals surface area (Å²) in [6.07, 6.45) is 2.45. The van der Waals surface area contributed by atoms with Gasteiger partial charge in [0.05, 0.1) is 12.7 Å². The fourth-order valence-corrected chi connectivity index (χ4v) is 2.25. The number of thioether (sulfide) groups is 1. The predicted molar refractivity (Wildman–Crippen MR) is 65.9 cm³/mol. The summed E-state index contributed by atoms with van der Waals surface area (Å²) in [6.45, 7) is 4.97. The Kier molecular flexibility index (Phi) is 3.54. The first-order valence-corrected chi connectivity index (χ1v) is 6.52. The third kappa shape index (κ3) is 2.67. The van der Waals surface area contributed by atoms with Gasteiger partial charge in [-0.1, -0.05) is 0 Å². The largest absolute Gasteiger partial charge is 0.375 e. The Hall–Kier alpha value is -0.670. The van der Waals surface area contributed by atoms with Gasteiger partial charge in [-0.3, -0.25) is 0 Å². The van der Waals surface area contributed by atoms with Crippen molar-refractivity contribution in [2.24, 2.45) is 0 Å². The monoisotopic (exact) mass is 223 g/mol. The van der Waals surface area contributed by atoms with E-state index in [1.165, 1.54) is 10.6 Å². The Morgan fingerprint density at radius 3 is 2.67 bits per heavy atom. The van der Waals surface area contributed by atoms with Gasteiger partial charge in [0.2, 0.25) is 0 Å². The molecule has 1 saturated heterocycles. The van der Waals surface area contributed by atoms with E-state index in [9.17, 15) is 0 Å². The number of hydrogen-bond acceptors (Lipinski definition) is 3. The van der Waals surface area contributed by atoms with E-state index in [4.69, 9.17) is 4.74 Å². The molecule has 1 unspecified atom stereocenters. The van der Waals surface area contributed by atoms with Gasteiger partial charge in [-0.25, -0.2) is 0 Å². The van der Waals surface area contributed by atoms with Crippen LogP contribution in [0.15, 0.2) is 29.2 Å². The summed E-state index contributed by atoms with van der Waals surface area (Å²) in [5, 5.41) is 0. The molecule has 1 heterocycles. The Balaban J connectivity index is 2.07. The molecular formula is C12H17NOS. The van der Waals surface area contributed by atoms with Crippen molar-refractivity contribution < 1.29 is 4.74 Å². The van der Waals surface area contributed by atoms with Crippen LogP contribution in [0.2, 0.25) is 0 Å². The van der Waals surface area contributed by atoms with Crippen LogP contribution in [0, 0.1) is 0 Å². The summed E-state index contributed by atoms with van der Waals surface area (Å²) in [5.41, 5.74) is 1.31. The third-order valence-electron chi connectivity index (χ3n) is 2.68. The number of ether oxygens (including phenoxy) is 1. The highest BCUT2D eigenvalue weighted by molar-refractivity contribution is 7.98. The molecule has 1 aliphatic rings. The van der Waals surface area contributed by atoms with Crippen molar-refractivity contribution in [1.29, 1.82) is 0 Å². The quantitative estimate of drug-likeness (QED) is 0.715. The third-order valence-corrected chi connectivity index (χ3v) is 3.42. The molecule has 0 amide bonds. The van der Waals surface area contributed by atoms with Gasteiger partial charge in [0.25, 0.3) is 0 Å². The van der Waals surface area contributed by atoms with Gasteiger partial charge >= 0.3 is 0 Å². The maximum absolute atomic E-state index is 5.53. The molecule has 0 radical (unpaired) electrons. The second-order valence-corrected chi connectivity index (χ2v) is 4.71. The lowest BCUT2D eigenvalue weighted by Gasteiger charge is -2.33. The van der Waals surface area contributed by atoms with Crippen LogP contribution in [0.5, 0.6) is 0 Å². The van der Waals surface area contributed by atoms with E-state index >= 15 is 0 Å². The fourth-order valence-electron chi connectivity index (χ4n) is 1.85. The van der Waals surface area contributed by atoms with Crippen LogP contribution >= 0.6 is 11.8 Å². The number of benzene rings is 1. The molecule has 1 fully saturated rings. The summed E-state index contributed by atoms with van der Waals surface area (Å²) < 4.78 is 5.53. The van der Waals surface area contributed by atoms with Gasteiger partial charge < -0.3 is 9.64 Å². The Bertz CT molecular complexity index is 312. The standard InChI is InChI=1S/C12H17NOS/c1-10-9-13(7-8-14-10)11-3-5-12(15-2)6-4-11/h3-6,10H,7-9H2,1-2H3. The minimum atomic E-state index is 0.346. The number of anilines is 1. The minimum absolute atomic E-state index is 0.346. The second-order valence-electron chi connectivity index (χ2n) is 3.83. The highest BCUT2D eigenvalue weighted by Crippen LogP contribution is 2.22. The normalized spacial score (nSPS) is 21.7. The van der Waals surface area contributed by atoms with Gasteiger partial charge in [-0.05, 0) is 37.4 Å². The van der Waals surface area contributed by atoms with Crippen molar-refractivity contribution in [2.75, 3.05) is 30.9 Å². The predicted octanol–water partition coefficient (Wildman–Crippen LogP) is 2.63. The van der Waals surface area contributed by atoms with Crippen LogP contribution in [0.25, 0.3) is 0 Å². The second kappa shape index (κ2) is 4.90. The Morgan fingerprint density at radius 2 is 2.07 bits per heavy atom. The maximum atomic E-state index is 5.53. The molecule has 1 aromatic carbocycles. The molecule has 0 N–H and O–H groups in total. The molecule has 82 valence electrons. The van der Waals surface area contributed by atoms with Crippen molar-refractivity contribution in [2.45, 2.75) is 17.9 Å². The first-order valence-electron chi connectivity index (χ1n) is 5.30. The van der Waals surface area contributed by atoms with Crippen LogP contribution in [0.4, 0.5) is 5.69 Å². The van der Waals surface area contributed by atoms with Crippen LogP contribution in [-0.2, 0) is 4.74 Å². The first kappa shape index (κ1) is 10.8. The van der Waals surface area contributed by atoms with E-state index < -0.39 is 0 Å². The highest BCUT2D eigenvalue weighted by Gasteiger charge is 2.16. The molecule has 2 rings (SSSR count). The lowest BCUT2D eigenvalue weighted by atomic mass is 10.2. The zero-order chi connectivity index (χ0) is 10.7. The summed E-state index contributed by atoms with van der Waals surface area (Å²) in [6, 6.07) is 8.76. The molecule has 0 spiro atoms. The molecule has 0 aromatic heterocycles. The Labute approximate surface area is 95.6 Å². The van der Waals surface area contributed by atoms with Crippen LogP contribution in [0.1, 0.15) is 6.92 Å². The molecule has 1 aliphatic heterocycles. The molecule has 0 aliphatic carbocycles. The minimum Gasteiger partial charge on any atom is -0.375 e. The summed E-state index contributed by atoms with van der Waals surface area (Å²) in [4.78, 5) is 3.71. The zero-order valence-corrected chi connectivity index (χ0v) is 10.1. The molecule has 1 aromatic rings. The molecular weight excluding hydrogens is 206 g/mol. The molecule has 15 heavy (non-hydrogen) atoms. The SMILES string of the molecule is CSc1ccc(N2CCOC(C)C2)cc1. The number of morpholine rings is 1. The summed E-state index contributed by atoms with van der Waals surface area (Å²) in [7, 11) is 0. The number of hydrogen-bond donors (Lipinski definition) is 0. The molecule has 1 atom stereocenters. The zero-order valence-electron chi connectivity index (χ0n) is 9.27. The van der Waals surface area contributed by atoms with E-state index in [2.05, 4.69) is 42.3 Å². The smallest absolute Gasteiger partial charge is 0.0722 e. The Morgan fingerprint density at radius 1 is 1.33 bits per heavy atom. The van der Waals surface area contributed by atoms with E-state index in [1.54, 1.807) is 11.8 Å². The molecule has 3 heteroatoms. The molecule has 0 bridgehead atoms. The summed E-state index contributed by atoms with van der Waals surface area (Å²) >= 11 is 1.78. The average molecular weight is 223 g/mol. The van der Waals surface area contributed by atoms with Crippen molar-refractivity contribution in [1.82, 2.24) is 0 Å². The van der Waals surface area contributed by atoms with Crippen LogP contribution < -0.4 is 4.90 Å². The van der Waals surface area contributed by atoms with Crippen LogP contribution in [0.3, 0.4) is 0 Å². The van der Waals surface area contributed by atoms with E-state index in [-0.39, 0.29) is 0 Å². The van der Waals surface area contributed by atoms with E-state index in [1.807, 2.05) is 0 Å². The van der Waals surface area contributed by atoms with Crippen LogP contribution in [-0.4, -0.2) is 32.1 Å². The summed E-state index contributed by atoms with van der Waals surface area (Å²) in [5.74, 6) is 0. The fraction of sp³-hybridized carbons (Fsp3) is 0.500. The van der Waals surface area contributed by atoms with Gasteiger partial charge in [0, 0.05) is 23.7 Å². The average Bonchev–Trinajstić information content (AvgIpc) is 2.29. The van der Waals surface area contributed by atoms with Gasteiger partial charge in [-0.2, -0.15) is 0 Å². The van der Waals surface area contributed by atoms with E-state index in [0.29, 0.717) is 6.10 Å². The first-order chi connectivity index (χ1) is 7.29. The lowest BCUT2D eigenvalue weighted by Crippen LogP contribution is -2.41. The van der Waals surface area contributed by atoms with Gasteiger partial charge in [0.15, 0.2) is 0 Å². The lowest BCUT2D eigenvalue weighted by molar-refractivity contribution is 0.0532.